The quantitative estimate of drug-likeness (QED) is 0.868. The number of nitrogens with zero attached hydrogens (tertiary/aromatic N) is 1. The largest absolute Gasteiger partial charge is 0.480 e. The molecule has 0 bridgehead atoms. The summed E-state index contributed by atoms with van der Waals surface area (Å²) in [5, 5.41) is 9.46. The van der Waals surface area contributed by atoms with E-state index in [1.807, 2.05) is 0 Å². The van der Waals surface area contributed by atoms with Gasteiger partial charge in [-0.25, -0.2) is 9.18 Å². The van der Waals surface area contributed by atoms with Gasteiger partial charge < -0.3 is 10.0 Å². The maximum absolute atomic E-state index is 13.5. The fourth-order valence-electron chi connectivity index (χ4n) is 3.80. The van der Waals surface area contributed by atoms with Gasteiger partial charge in [-0.05, 0) is 43.4 Å². The SMILES string of the molecule is O=C(O)C1CC2CCCCC2N1C(=O)c1cc(F)cc(Br)c1. The van der Waals surface area contributed by atoms with Gasteiger partial charge in [-0.1, -0.05) is 28.8 Å². The van der Waals surface area contributed by atoms with E-state index in [-0.39, 0.29) is 23.4 Å². The van der Waals surface area contributed by atoms with Crippen LogP contribution in [0.4, 0.5) is 4.39 Å². The second kappa shape index (κ2) is 5.99. The van der Waals surface area contributed by atoms with Gasteiger partial charge >= 0.3 is 5.97 Å². The van der Waals surface area contributed by atoms with Crippen molar-refractivity contribution < 1.29 is 19.1 Å². The van der Waals surface area contributed by atoms with E-state index in [1.165, 1.54) is 17.0 Å². The van der Waals surface area contributed by atoms with Gasteiger partial charge in [-0.15, -0.1) is 0 Å². The zero-order valence-electron chi connectivity index (χ0n) is 12.0. The molecule has 4 nitrogen and oxygen atoms in total. The zero-order valence-corrected chi connectivity index (χ0v) is 13.6. The number of aliphatic carboxylic acids is 1. The number of likely N-dealkylation sites (tertiary alicyclic amines) is 1. The van der Waals surface area contributed by atoms with Crippen molar-refractivity contribution in [3.8, 4) is 0 Å². The Balaban J connectivity index is 1.95. The van der Waals surface area contributed by atoms with Crippen LogP contribution in [-0.4, -0.2) is 34.0 Å². The molecule has 1 aliphatic heterocycles. The maximum atomic E-state index is 13.5. The van der Waals surface area contributed by atoms with Gasteiger partial charge in [0, 0.05) is 16.1 Å². The first-order valence-electron chi connectivity index (χ1n) is 7.49. The highest BCUT2D eigenvalue weighted by Gasteiger charge is 2.47. The molecule has 3 unspecified atom stereocenters. The maximum Gasteiger partial charge on any atom is 0.326 e. The van der Waals surface area contributed by atoms with Crippen molar-refractivity contribution in [2.75, 3.05) is 0 Å². The second-order valence-corrected chi connectivity index (χ2v) is 6.99. The predicted octanol–water partition coefficient (Wildman–Crippen LogP) is 3.45. The lowest BCUT2D eigenvalue weighted by Gasteiger charge is -2.33. The van der Waals surface area contributed by atoms with Crippen molar-refractivity contribution in [2.45, 2.75) is 44.2 Å². The van der Waals surface area contributed by atoms with Gasteiger partial charge in [0.25, 0.3) is 5.91 Å². The first-order chi connectivity index (χ1) is 10.5. The molecule has 1 aromatic rings. The lowest BCUT2D eigenvalue weighted by atomic mass is 9.84. The molecule has 1 aromatic carbocycles. The standard InChI is InChI=1S/C16H17BrFNO3/c17-11-5-10(6-12(18)8-11)15(20)19-13-4-2-1-3-9(13)7-14(19)16(21)22/h5-6,8-9,13-14H,1-4,7H2,(H,21,22). The monoisotopic (exact) mass is 369 g/mol. The Kier molecular flexibility index (Phi) is 4.21. The topological polar surface area (TPSA) is 57.6 Å². The second-order valence-electron chi connectivity index (χ2n) is 6.07. The lowest BCUT2D eigenvalue weighted by molar-refractivity contribution is -0.141. The molecule has 2 fully saturated rings. The first kappa shape index (κ1) is 15.5. The van der Waals surface area contributed by atoms with Crippen molar-refractivity contribution in [2.24, 2.45) is 5.92 Å². The third-order valence-electron chi connectivity index (χ3n) is 4.72. The summed E-state index contributed by atoms with van der Waals surface area (Å²) >= 11 is 3.18. The van der Waals surface area contributed by atoms with Crippen molar-refractivity contribution in [1.29, 1.82) is 0 Å². The Bertz CT molecular complexity index is 601. The minimum Gasteiger partial charge on any atom is -0.480 e. The van der Waals surface area contributed by atoms with Gasteiger partial charge in [0.2, 0.25) is 0 Å². The predicted molar refractivity (Wildman–Crippen MR) is 82.1 cm³/mol. The number of hydrogen-bond donors (Lipinski definition) is 1. The number of carboxylic acids is 1. The van der Waals surface area contributed by atoms with Gasteiger partial charge in [0.15, 0.2) is 0 Å². The summed E-state index contributed by atoms with van der Waals surface area (Å²) in [5.41, 5.74) is 0.198. The van der Waals surface area contributed by atoms with E-state index in [4.69, 9.17) is 0 Å². The number of rotatable bonds is 2. The number of benzene rings is 1. The molecule has 1 heterocycles. The van der Waals surface area contributed by atoms with E-state index in [0.29, 0.717) is 10.9 Å². The molecule has 3 rings (SSSR count). The molecular weight excluding hydrogens is 353 g/mol. The van der Waals surface area contributed by atoms with E-state index >= 15 is 0 Å². The Labute approximate surface area is 136 Å². The van der Waals surface area contributed by atoms with E-state index in [9.17, 15) is 19.1 Å². The van der Waals surface area contributed by atoms with Crippen LogP contribution in [0.1, 0.15) is 42.5 Å². The van der Waals surface area contributed by atoms with Gasteiger partial charge in [-0.2, -0.15) is 0 Å². The van der Waals surface area contributed by atoms with Crippen LogP contribution < -0.4 is 0 Å². The zero-order chi connectivity index (χ0) is 15.9. The molecule has 3 atom stereocenters. The van der Waals surface area contributed by atoms with Crippen LogP contribution in [0, 0.1) is 11.7 Å². The molecule has 22 heavy (non-hydrogen) atoms. The molecule has 6 heteroatoms. The van der Waals surface area contributed by atoms with Crippen molar-refractivity contribution in [3.05, 3.63) is 34.1 Å². The highest BCUT2D eigenvalue weighted by molar-refractivity contribution is 9.10. The number of carbonyl (C=O) groups excluding carboxylic acids is 1. The molecule has 0 spiro atoms. The number of halogens is 2. The van der Waals surface area contributed by atoms with Gasteiger partial charge in [0.05, 0.1) is 0 Å². The number of amides is 1. The van der Waals surface area contributed by atoms with Crippen molar-refractivity contribution in [1.82, 2.24) is 4.90 Å². The fraction of sp³-hybridized carbons (Fsp3) is 0.500. The lowest BCUT2D eigenvalue weighted by Crippen LogP contribution is -2.46. The highest BCUT2D eigenvalue weighted by atomic mass is 79.9. The first-order valence-corrected chi connectivity index (χ1v) is 8.28. The van der Waals surface area contributed by atoms with Crippen LogP contribution in [0.5, 0.6) is 0 Å². The molecular formula is C16H17BrFNO3. The average Bonchev–Trinajstić information content (AvgIpc) is 2.85. The van der Waals surface area contributed by atoms with Crippen LogP contribution in [0.3, 0.4) is 0 Å². The third-order valence-corrected chi connectivity index (χ3v) is 5.17. The normalized spacial score (nSPS) is 27.5. The highest BCUT2D eigenvalue weighted by Crippen LogP contribution is 2.40. The number of carbonyl (C=O) groups is 2. The molecule has 1 saturated heterocycles. The summed E-state index contributed by atoms with van der Waals surface area (Å²) < 4.78 is 14.0. The van der Waals surface area contributed by atoms with Crippen LogP contribution in [0.2, 0.25) is 0 Å². The Morgan fingerprint density at radius 3 is 2.64 bits per heavy atom. The summed E-state index contributed by atoms with van der Waals surface area (Å²) in [6.07, 6.45) is 4.38. The van der Waals surface area contributed by atoms with E-state index in [0.717, 1.165) is 25.7 Å². The minimum absolute atomic E-state index is 0.0376. The number of hydrogen-bond acceptors (Lipinski definition) is 2. The molecule has 2 aliphatic rings. The minimum atomic E-state index is -0.974. The molecule has 0 radical (unpaired) electrons. The Morgan fingerprint density at radius 2 is 1.95 bits per heavy atom. The van der Waals surface area contributed by atoms with Crippen LogP contribution in [0.15, 0.2) is 22.7 Å². The van der Waals surface area contributed by atoms with Gasteiger partial charge in [0.1, 0.15) is 11.9 Å². The van der Waals surface area contributed by atoms with Crippen molar-refractivity contribution in [3.63, 3.8) is 0 Å². The smallest absolute Gasteiger partial charge is 0.326 e. The van der Waals surface area contributed by atoms with Gasteiger partial charge in [-0.3, -0.25) is 4.79 Å². The summed E-state index contributed by atoms with van der Waals surface area (Å²) in [7, 11) is 0. The van der Waals surface area contributed by atoms with Crippen molar-refractivity contribution >= 4 is 27.8 Å². The van der Waals surface area contributed by atoms with Crippen LogP contribution in [0.25, 0.3) is 0 Å². The molecule has 1 aliphatic carbocycles. The van der Waals surface area contributed by atoms with Crippen LogP contribution >= 0.6 is 15.9 Å². The summed E-state index contributed by atoms with van der Waals surface area (Å²) in [4.78, 5) is 25.8. The molecule has 0 aromatic heterocycles. The van der Waals surface area contributed by atoms with E-state index in [1.54, 1.807) is 6.07 Å². The van der Waals surface area contributed by atoms with Crippen LogP contribution in [-0.2, 0) is 4.79 Å². The summed E-state index contributed by atoms with van der Waals surface area (Å²) in [5.74, 6) is -1.62. The van der Waals surface area contributed by atoms with E-state index in [2.05, 4.69) is 15.9 Å². The van der Waals surface area contributed by atoms with E-state index < -0.39 is 17.8 Å². The average molecular weight is 370 g/mol. The third kappa shape index (κ3) is 2.76. The molecule has 1 saturated carbocycles. The molecule has 118 valence electrons. The Hall–Kier alpha value is -1.43. The number of carboxylic acid groups (broad SMARTS) is 1. The number of fused-ring (bicyclic) bond motifs is 1. The molecule has 1 N–H and O–H groups in total. The fourth-order valence-corrected chi connectivity index (χ4v) is 4.26. The molecule has 1 amide bonds. The summed E-state index contributed by atoms with van der Waals surface area (Å²) in [6, 6.07) is 3.15. The summed E-state index contributed by atoms with van der Waals surface area (Å²) in [6.45, 7) is 0. The Morgan fingerprint density at radius 1 is 1.23 bits per heavy atom.